The molecule has 3 heterocycles. The molecule has 0 spiro atoms. The summed E-state index contributed by atoms with van der Waals surface area (Å²) in [5, 5.41) is 8.02. The van der Waals surface area contributed by atoms with Crippen LogP contribution in [0.15, 0.2) is 42.5 Å². The summed E-state index contributed by atoms with van der Waals surface area (Å²) in [6.45, 7) is 1.68. The number of hydrogen-bond donors (Lipinski definition) is 1. The molecule has 0 saturated carbocycles. The van der Waals surface area contributed by atoms with Crippen LogP contribution in [0.4, 0.5) is 19.0 Å². The van der Waals surface area contributed by atoms with E-state index in [0.717, 1.165) is 36.8 Å². The highest BCUT2D eigenvalue weighted by atomic mass is 19.4. The standard InChI is InChI=1S/C22H20F3N3O2/c23-22(24,25)17-7-2-1-5-15(17)20-16-6-3-4-10-26-21(16)28(27-20)14-8-9-18-19(13-14)30-12-11-29-18/h1-2,5,7-9,13,26H,3-4,6,10-12H2. The maximum absolute atomic E-state index is 13.7. The summed E-state index contributed by atoms with van der Waals surface area (Å²) in [4.78, 5) is 0. The van der Waals surface area contributed by atoms with Gasteiger partial charge < -0.3 is 14.8 Å². The Hall–Kier alpha value is -3.16. The van der Waals surface area contributed by atoms with E-state index in [0.29, 0.717) is 42.5 Å². The highest BCUT2D eigenvalue weighted by molar-refractivity contribution is 5.74. The number of halogens is 3. The molecule has 0 radical (unpaired) electrons. The topological polar surface area (TPSA) is 48.3 Å². The number of ether oxygens (including phenoxy) is 2. The zero-order valence-corrected chi connectivity index (χ0v) is 16.1. The summed E-state index contributed by atoms with van der Waals surface area (Å²) in [5.41, 5.74) is 1.30. The lowest BCUT2D eigenvalue weighted by Gasteiger charge is -2.19. The summed E-state index contributed by atoms with van der Waals surface area (Å²) >= 11 is 0. The molecule has 1 aromatic heterocycles. The van der Waals surface area contributed by atoms with Crippen LogP contribution in [0.3, 0.4) is 0 Å². The lowest BCUT2D eigenvalue weighted by atomic mass is 9.99. The van der Waals surface area contributed by atoms with Crippen molar-refractivity contribution in [2.24, 2.45) is 0 Å². The second-order valence-corrected chi connectivity index (χ2v) is 7.34. The van der Waals surface area contributed by atoms with Gasteiger partial charge in [-0.1, -0.05) is 18.2 Å². The van der Waals surface area contributed by atoms with Gasteiger partial charge in [0.25, 0.3) is 0 Å². The van der Waals surface area contributed by atoms with Crippen molar-refractivity contribution < 1.29 is 22.6 Å². The molecule has 0 fully saturated rings. The molecule has 2 aliphatic heterocycles. The summed E-state index contributed by atoms with van der Waals surface area (Å²) in [7, 11) is 0. The Balaban J connectivity index is 1.69. The van der Waals surface area contributed by atoms with Gasteiger partial charge in [0.15, 0.2) is 11.5 Å². The molecule has 0 amide bonds. The second-order valence-electron chi connectivity index (χ2n) is 7.34. The van der Waals surface area contributed by atoms with Crippen molar-refractivity contribution >= 4 is 5.82 Å². The number of fused-ring (bicyclic) bond motifs is 2. The van der Waals surface area contributed by atoms with Gasteiger partial charge in [-0.25, -0.2) is 4.68 Å². The Kier molecular flexibility index (Phi) is 4.56. The van der Waals surface area contributed by atoms with Crippen LogP contribution in [0.5, 0.6) is 11.5 Å². The Morgan fingerprint density at radius 1 is 0.967 bits per heavy atom. The van der Waals surface area contributed by atoms with Gasteiger partial charge in [0.2, 0.25) is 0 Å². The molecule has 0 saturated heterocycles. The van der Waals surface area contributed by atoms with E-state index in [1.54, 1.807) is 16.8 Å². The summed E-state index contributed by atoms with van der Waals surface area (Å²) < 4.78 is 54.0. The molecule has 0 unspecified atom stereocenters. The SMILES string of the molecule is FC(F)(F)c1ccccc1-c1nn(-c2ccc3c(c2)OCCO3)c2c1CCCCN2. The van der Waals surface area contributed by atoms with Crippen molar-refractivity contribution in [3.63, 3.8) is 0 Å². The Labute approximate surface area is 171 Å². The highest BCUT2D eigenvalue weighted by Gasteiger charge is 2.35. The van der Waals surface area contributed by atoms with Gasteiger partial charge >= 0.3 is 6.18 Å². The van der Waals surface area contributed by atoms with Crippen LogP contribution in [-0.2, 0) is 12.6 Å². The van der Waals surface area contributed by atoms with Gasteiger partial charge in [0.05, 0.1) is 16.9 Å². The summed E-state index contributed by atoms with van der Waals surface area (Å²) in [5.74, 6) is 1.99. The maximum atomic E-state index is 13.7. The molecule has 2 aliphatic rings. The monoisotopic (exact) mass is 415 g/mol. The molecule has 3 aromatic rings. The Morgan fingerprint density at radius 2 is 1.77 bits per heavy atom. The van der Waals surface area contributed by atoms with Gasteiger partial charge in [-0.15, -0.1) is 0 Å². The average Bonchev–Trinajstić information content (AvgIpc) is 2.93. The highest BCUT2D eigenvalue weighted by Crippen LogP contribution is 2.41. The fraction of sp³-hybridized carbons (Fsp3) is 0.318. The fourth-order valence-electron chi connectivity index (χ4n) is 4.01. The number of rotatable bonds is 2. The lowest BCUT2D eigenvalue weighted by Crippen LogP contribution is -2.15. The number of aromatic nitrogens is 2. The Bertz CT molecular complexity index is 1090. The minimum atomic E-state index is -4.46. The van der Waals surface area contributed by atoms with Crippen LogP contribution in [0.2, 0.25) is 0 Å². The predicted octanol–water partition coefficient (Wildman–Crippen LogP) is 5.08. The van der Waals surface area contributed by atoms with E-state index in [4.69, 9.17) is 9.47 Å². The number of nitrogens with zero attached hydrogens (tertiary/aromatic N) is 2. The third kappa shape index (κ3) is 3.26. The zero-order chi connectivity index (χ0) is 20.7. The number of hydrogen-bond acceptors (Lipinski definition) is 4. The summed E-state index contributed by atoms with van der Waals surface area (Å²) in [6.07, 6.45) is -1.97. The number of nitrogens with one attached hydrogen (secondary N) is 1. The molecule has 1 N–H and O–H groups in total. The first-order valence-corrected chi connectivity index (χ1v) is 9.95. The van der Waals surface area contributed by atoms with Crippen molar-refractivity contribution in [2.45, 2.75) is 25.4 Å². The zero-order valence-electron chi connectivity index (χ0n) is 16.1. The molecular formula is C22H20F3N3O2. The van der Waals surface area contributed by atoms with Crippen LogP contribution in [0.25, 0.3) is 16.9 Å². The molecule has 5 nitrogen and oxygen atoms in total. The van der Waals surface area contributed by atoms with E-state index in [1.807, 2.05) is 12.1 Å². The molecule has 0 bridgehead atoms. The van der Waals surface area contributed by atoms with Crippen molar-refractivity contribution in [2.75, 3.05) is 25.1 Å². The van der Waals surface area contributed by atoms with Crippen molar-refractivity contribution in [3.8, 4) is 28.4 Å². The minimum Gasteiger partial charge on any atom is -0.486 e. The molecule has 0 atom stereocenters. The van der Waals surface area contributed by atoms with Crippen LogP contribution in [0, 0.1) is 0 Å². The third-order valence-electron chi connectivity index (χ3n) is 5.39. The normalized spacial score (nSPS) is 15.8. The van der Waals surface area contributed by atoms with Crippen molar-refractivity contribution in [1.29, 1.82) is 0 Å². The minimum absolute atomic E-state index is 0.0984. The molecule has 2 aromatic carbocycles. The van der Waals surface area contributed by atoms with Crippen molar-refractivity contribution in [1.82, 2.24) is 9.78 Å². The van der Waals surface area contributed by atoms with Crippen LogP contribution >= 0.6 is 0 Å². The largest absolute Gasteiger partial charge is 0.486 e. The van der Waals surface area contributed by atoms with Gasteiger partial charge in [0.1, 0.15) is 19.0 Å². The van der Waals surface area contributed by atoms with E-state index in [1.165, 1.54) is 12.1 Å². The fourth-order valence-corrected chi connectivity index (χ4v) is 4.01. The average molecular weight is 415 g/mol. The van der Waals surface area contributed by atoms with Gasteiger partial charge in [0, 0.05) is 23.7 Å². The number of alkyl halides is 3. The predicted molar refractivity (Wildman–Crippen MR) is 106 cm³/mol. The van der Waals surface area contributed by atoms with Gasteiger partial charge in [-0.3, -0.25) is 0 Å². The first-order chi connectivity index (χ1) is 14.5. The molecule has 0 aliphatic carbocycles. The molecule has 5 rings (SSSR count). The van der Waals surface area contributed by atoms with E-state index in [2.05, 4.69) is 10.4 Å². The van der Waals surface area contributed by atoms with Gasteiger partial charge in [-0.05, 0) is 37.5 Å². The quantitative estimate of drug-likeness (QED) is 0.634. The summed E-state index contributed by atoms with van der Waals surface area (Å²) in [6, 6.07) is 11.1. The van der Waals surface area contributed by atoms with Crippen LogP contribution in [-0.4, -0.2) is 29.5 Å². The van der Waals surface area contributed by atoms with E-state index >= 15 is 0 Å². The van der Waals surface area contributed by atoms with E-state index in [-0.39, 0.29) is 5.56 Å². The maximum Gasteiger partial charge on any atom is 0.417 e. The Morgan fingerprint density at radius 3 is 2.60 bits per heavy atom. The molecular weight excluding hydrogens is 395 g/mol. The first-order valence-electron chi connectivity index (χ1n) is 9.95. The van der Waals surface area contributed by atoms with E-state index < -0.39 is 11.7 Å². The third-order valence-corrected chi connectivity index (χ3v) is 5.39. The van der Waals surface area contributed by atoms with Crippen molar-refractivity contribution in [3.05, 3.63) is 53.6 Å². The van der Waals surface area contributed by atoms with E-state index in [9.17, 15) is 13.2 Å². The molecule has 8 heteroatoms. The first kappa shape index (κ1) is 18.8. The van der Waals surface area contributed by atoms with Crippen LogP contribution < -0.4 is 14.8 Å². The lowest BCUT2D eigenvalue weighted by molar-refractivity contribution is -0.137. The molecule has 156 valence electrons. The van der Waals surface area contributed by atoms with Gasteiger partial charge in [-0.2, -0.15) is 18.3 Å². The van der Waals surface area contributed by atoms with Crippen LogP contribution in [0.1, 0.15) is 24.0 Å². The number of benzene rings is 2. The number of anilines is 1. The smallest absolute Gasteiger partial charge is 0.417 e. The second kappa shape index (κ2) is 7.27. The molecule has 30 heavy (non-hydrogen) atoms.